The Hall–Kier alpha value is -0.600. The van der Waals surface area contributed by atoms with Gasteiger partial charge in [0.05, 0.1) is 0 Å². The number of rotatable bonds is 3. The number of aliphatic hydroxyl groups is 1. The van der Waals surface area contributed by atoms with Crippen LogP contribution in [-0.4, -0.2) is 10.8 Å². The Morgan fingerprint density at radius 2 is 2.00 bits per heavy atom. The van der Waals surface area contributed by atoms with Crippen LogP contribution in [0.5, 0.6) is 0 Å². The minimum atomic E-state index is -1.04. The molecule has 1 aliphatic carbocycles. The molecule has 0 radical (unpaired) electrons. The van der Waals surface area contributed by atoms with Gasteiger partial charge < -0.3 is 10.8 Å². The molecule has 1 aliphatic rings. The number of hydrogen-bond acceptors (Lipinski definition) is 2. The highest BCUT2D eigenvalue weighted by molar-refractivity contribution is 5.20. The fourth-order valence-electron chi connectivity index (χ4n) is 1.33. The van der Waals surface area contributed by atoms with Crippen molar-refractivity contribution >= 4 is 0 Å². The van der Waals surface area contributed by atoms with E-state index in [1.807, 2.05) is 31.2 Å². The molecule has 0 amide bonds. The summed E-state index contributed by atoms with van der Waals surface area (Å²) in [6.07, 6.45) is 9.24. The third kappa shape index (κ3) is 1.91. The Morgan fingerprint density at radius 3 is 2.45 bits per heavy atom. The zero-order valence-corrected chi connectivity index (χ0v) is 6.83. The van der Waals surface area contributed by atoms with Crippen LogP contribution in [0.2, 0.25) is 0 Å². The first-order valence-corrected chi connectivity index (χ1v) is 4.03. The molecule has 0 heterocycles. The van der Waals surface area contributed by atoms with E-state index in [2.05, 4.69) is 0 Å². The van der Waals surface area contributed by atoms with Crippen molar-refractivity contribution in [2.24, 2.45) is 11.7 Å². The monoisotopic (exact) mass is 153 g/mol. The van der Waals surface area contributed by atoms with Gasteiger partial charge in [0.2, 0.25) is 0 Å². The molecule has 0 bridgehead atoms. The number of hydrogen-bond donors (Lipinski definition) is 2. The molecule has 2 nitrogen and oxygen atoms in total. The maximum absolute atomic E-state index is 9.69. The lowest BCUT2D eigenvalue weighted by molar-refractivity contribution is 0.0132. The molecular weight excluding hydrogens is 138 g/mol. The van der Waals surface area contributed by atoms with Gasteiger partial charge in [-0.3, -0.25) is 0 Å². The summed E-state index contributed by atoms with van der Waals surface area (Å²) >= 11 is 0. The van der Waals surface area contributed by atoms with Crippen molar-refractivity contribution in [3.05, 3.63) is 24.3 Å². The maximum Gasteiger partial charge on any atom is 0.123 e. The van der Waals surface area contributed by atoms with E-state index in [-0.39, 0.29) is 5.92 Å². The molecule has 1 atom stereocenters. The van der Waals surface area contributed by atoms with Crippen LogP contribution in [0, 0.1) is 5.92 Å². The summed E-state index contributed by atoms with van der Waals surface area (Å²) in [7, 11) is 0. The summed E-state index contributed by atoms with van der Waals surface area (Å²) in [5, 5.41) is 9.69. The third-order valence-corrected chi connectivity index (χ3v) is 1.98. The largest absolute Gasteiger partial charge is 0.375 e. The quantitative estimate of drug-likeness (QED) is 0.598. The standard InChI is InChI=1S/C9H15NO/c1-2-7-9(10,11)8-5-3-4-6-8/h3-6,8,11H,2,7,10H2,1H3. The smallest absolute Gasteiger partial charge is 0.123 e. The Morgan fingerprint density at radius 1 is 1.45 bits per heavy atom. The van der Waals surface area contributed by atoms with Crippen LogP contribution < -0.4 is 5.73 Å². The molecule has 0 fully saturated rings. The highest BCUT2D eigenvalue weighted by atomic mass is 16.3. The summed E-state index contributed by atoms with van der Waals surface area (Å²) in [6.45, 7) is 2.01. The zero-order chi connectivity index (χ0) is 8.32. The highest BCUT2D eigenvalue weighted by Gasteiger charge is 2.28. The average Bonchev–Trinajstić information content (AvgIpc) is 2.37. The van der Waals surface area contributed by atoms with Gasteiger partial charge in [-0.2, -0.15) is 0 Å². The van der Waals surface area contributed by atoms with Crippen LogP contribution in [0.25, 0.3) is 0 Å². The molecule has 1 rings (SSSR count). The Labute approximate surface area is 67.4 Å². The lowest BCUT2D eigenvalue weighted by atomic mass is 9.94. The average molecular weight is 153 g/mol. The van der Waals surface area contributed by atoms with Gasteiger partial charge in [-0.1, -0.05) is 37.6 Å². The van der Waals surface area contributed by atoms with Crippen LogP contribution in [-0.2, 0) is 0 Å². The first-order valence-electron chi connectivity index (χ1n) is 4.03. The van der Waals surface area contributed by atoms with E-state index in [0.717, 1.165) is 6.42 Å². The molecule has 0 aromatic carbocycles. The molecular formula is C9H15NO. The van der Waals surface area contributed by atoms with Gasteiger partial charge in [-0.05, 0) is 6.42 Å². The lowest BCUT2D eigenvalue weighted by Crippen LogP contribution is -2.45. The molecule has 0 spiro atoms. The second-order valence-corrected chi connectivity index (χ2v) is 3.04. The zero-order valence-electron chi connectivity index (χ0n) is 6.83. The van der Waals surface area contributed by atoms with Crippen molar-refractivity contribution in [1.82, 2.24) is 0 Å². The van der Waals surface area contributed by atoms with Crippen LogP contribution in [0.3, 0.4) is 0 Å². The molecule has 2 heteroatoms. The molecule has 3 N–H and O–H groups in total. The molecule has 0 saturated carbocycles. The Kier molecular flexibility index (Phi) is 2.47. The van der Waals surface area contributed by atoms with E-state index >= 15 is 0 Å². The summed E-state index contributed by atoms with van der Waals surface area (Å²) in [5.41, 5.74) is 4.64. The van der Waals surface area contributed by atoms with Crippen molar-refractivity contribution in [2.75, 3.05) is 0 Å². The predicted molar refractivity (Wildman–Crippen MR) is 45.8 cm³/mol. The van der Waals surface area contributed by atoms with E-state index in [1.54, 1.807) is 0 Å². The normalized spacial score (nSPS) is 22.5. The topological polar surface area (TPSA) is 46.2 Å². The van der Waals surface area contributed by atoms with Crippen LogP contribution in [0.4, 0.5) is 0 Å². The molecule has 0 saturated heterocycles. The van der Waals surface area contributed by atoms with Crippen LogP contribution >= 0.6 is 0 Å². The second-order valence-electron chi connectivity index (χ2n) is 3.04. The van der Waals surface area contributed by atoms with Crippen molar-refractivity contribution in [2.45, 2.75) is 25.5 Å². The van der Waals surface area contributed by atoms with Crippen molar-refractivity contribution in [1.29, 1.82) is 0 Å². The molecule has 1 unspecified atom stereocenters. The molecule has 0 aliphatic heterocycles. The van der Waals surface area contributed by atoms with Crippen LogP contribution in [0.1, 0.15) is 19.8 Å². The number of nitrogens with two attached hydrogens (primary N) is 1. The van der Waals surface area contributed by atoms with Gasteiger partial charge in [-0.25, -0.2) is 0 Å². The first-order chi connectivity index (χ1) is 5.17. The summed E-state index contributed by atoms with van der Waals surface area (Å²) in [4.78, 5) is 0. The van der Waals surface area contributed by atoms with Crippen molar-refractivity contribution in [3.8, 4) is 0 Å². The maximum atomic E-state index is 9.69. The fourth-order valence-corrected chi connectivity index (χ4v) is 1.33. The predicted octanol–water partition coefficient (Wildman–Crippen LogP) is 1.18. The second kappa shape index (κ2) is 3.20. The molecule has 11 heavy (non-hydrogen) atoms. The van der Waals surface area contributed by atoms with Gasteiger partial charge >= 0.3 is 0 Å². The Bertz CT molecular complexity index is 170. The van der Waals surface area contributed by atoms with E-state index < -0.39 is 5.72 Å². The highest BCUT2D eigenvalue weighted by Crippen LogP contribution is 2.23. The van der Waals surface area contributed by atoms with E-state index in [9.17, 15) is 5.11 Å². The van der Waals surface area contributed by atoms with Gasteiger partial charge in [0, 0.05) is 5.92 Å². The lowest BCUT2D eigenvalue weighted by Gasteiger charge is -2.26. The van der Waals surface area contributed by atoms with Crippen molar-refractivity contribution in [3.63, 3.8) is 0 Å². The molecule has 0 aromatic heterocycles. The fraction of sp³-hybridized carbons (Fsp3) is 0.556. The van der Waals surface area contributed by atoms with Gasteiger partial charge in [0.15, 0.2) is 0 Å². The van der Waals surface area contributed by atoms with Crippen LogP contribution in [0.15, 0.2) is 24.3 Å². The third-order valence-electron chi connectivity index (χ3n) is 1.98. The van der Waals surface area contributed by atoms with Gasteiger partial charge in [0.1, 0.15) is 5.72 Å². The van der Waals surface area contributed by atoms with E-state index in [1.165, 1.54) is 0 Å². The number of allylic oxidation sites excluding steroid dienone is 2. The van der Waals surface area contributed by atoms with E-state index in [4.69, 9.17) is 5.73 Å². The van der Waals surface area contributed by atoms with Crippen molar-refractivity contribution < 1.29 is 5.11 Å². The van der Waals surface area contributed by atoms with Gasteiger partial charge in [-0.15, -0.1) is 0 Å². The van der Waals surface area contributed by atoms with E-state index in [0.29, 0.717) is 6.42 Å². The minimum Gasteiger partial charge on any atom is -0.375 e. The Balaban J connectivity index is 2.56. The SMILES string of the molecule is CCCC(N)(O)C1C=CC=C1. The van der Waals surface area contributed by atoms with Gasteiger partial charge in [0.25, 0.3) is 0 Å². The summed E-state index contributed by atoms with van der Waals surface area (Å²) in [5.74, 6) is 0.00227. The summed E-state index contributed by atoms with van der Waals surface area (Å²) < 4.78 is 0. The molecule has 0 aromatic rings. The summed E-state index contributed by atoms with van der Waals surface area (Å²) in [6, 6.07) is 0. The minimum absolute atomic E-state index is 0.00227. The first kappa shape index (κ1) is 8.50. The molecule has 62 valence electrons.